The number of fused-ring (bicyclic) bond motifs is 1. The topological polar surface area (TPSA) is 81.9 Å². The van der Waals surface area contributed by atoms with Gasteiger partial charge in [0.2, 0.25) is 5.88 Å². The molecule has 0 bridgehead atoms. The summed E-state index contributed by atoms with van der Waals surface area (Å²) < 4.78 is 8.49. The summed E-state index contributed by atoms with van der Waals surface area (Å²) >= 11 is 1.47. The lowest BCUT2D eigenvalue weighted by atomic mass is 10.2. The number of carbonyl (C=O) groups excluding carboxylic acids is 1. The number of amides is 1. The lowest BCUT2D eigenvalue weighted by Crippen LogP contribution is -2.09. The lowest BCUT2D eigenvalue weighted by Gasteiger charge is -2.07. The minimum atomic E-state index is -0.134. The molecule has 1 N–H and O–H groups in total. The molecule has 3 heterocycles. The maximum Gasteiger partial charge on any atom is 0.265 e. The molecule has 0 spiro atoms. The average Bonchev–Trinajstić information content (AvgIpc) is 3.42. The summed E-state index contributed by atoms with van der Waals surface area (Å²) in [7, 11) is 0. The molecule has 7 nitrogen and oxygen atoms in total. The van der Waals surface area contributed by atoms with E-state index in [1.54, 1.807) is 41.1 Å². The third-order valence-electron chi connectivity index (χ3n) is 4.57. The molecule has 0 aliphatic rings. The van der Waals surface area contributed by atoms with Gasteiger partial charge in [-0.1, -0.05) is 18.2 Å². The number of hydrogen-bond acceptors (Lipinski definition) is 6. The number of thiophene rings is 1. The van der Waals surface area contributed by atoms with Gasteiger partial charge in [-0.25, -0.2) is 4.68 Å². The van der Waals surface area contributed by atoms with Crippen molar-refractivity contribution in [2.75, 3.05) is 5.32 Å². The fourth-order valence-electron chi connectivity index (χ4n) is 3.05. The average molecular weight is 427 g/mol. The van der Waals surface area contributed by atoms with Crippen LogP contribution in [0.15, 0.2) is 79.0 Å². The molecular weight excluding hydrogens is 410 g/mol. The predicted molar refractivity (Wildman–Crippen MR) is 120 cm³/mol. The molecule has 8 heteroatoms. The SMILES string of the molecule is Cc1ccn(-c2ccc(Oc3ccc(NC(=O)c4cc5ccccc5s4)cc3)nn2)n1. The van der Waals surface area contributed by atoms with Gasteiger partial charge in [0, 0.05) is 22.7 Å². The summed E-state index contributed by atoms with van der Waals surface area (Å²) in [6.07, 6.45) is 1.83. The number of nitrogens with zero attached hydrogens (tertiary/aromatic N) is 4. The summed E-state index contributed by atoms with van der Waals surface area (Å²) in [5, 5.41) is 16.5. The quantitative estimate of drug-likeness (QED) is 0.415. The molecule has 3 aromatic heterocycles. The van der Waals surface area contributed by atoms with E-state index in [1.807, 2.05) is 49.5 Å². The normalized spacial score (nSPS) is 10.9. The van der Waals surface area contributed by atoms with Crippen molar-refractivity contribution in [3.63, 3.8) is 0 Å². The number of hydrogen-bond donors (Lipinski definition) is 1. The van der Waals surface area contributed by atoms with Crippen LogP contribution in [0, 0.1) is 6.92 Å². The first-order chi connectivity index (χ1) is 15.1. The van der Waals surface area contributed by atoms with Crippen molar-refractivity contribution in [3.8, 4) is 17.4 Å². The van der Waals surface area contributed by atoms with Crippen LogP contribution < -0.4 is 10.1 Å². The molecule has 0 atom stereocenters. The highest BCUT2D eigenvalue weighted by atomic mass is 32.1. The largest absolute Gasteiger partial charge is 0.438 e. The molecule has 0 fully saturated rings. The number of anilines is 1. The van der Waals surface area contributed by atoms with Crippen LogP contribution in [0.5, 0.6) is 11.6 Å². The van der Waals surface area contributed by atoms with Crippen LogP contribution in [-0.4, -0.2) is 25.9 Å². The summed E-state index contributed by atoms with van der Waals surface area (Å²) in [6, 6.07) is 22.4. The Morgan fingerprint density at radius 2 is 1.84 bits per heavy atom. The van der Waals surface area contributed by atoms with Crippen molar-refractivity contribution >= 4 is 33.0 Å². The Morgan fingerprint density at radius 1 is 1.00 bits per heavy atom. The number of benzene rings is 2. The van der Waals surface area contributed by atoms with Crippen LogP contribution in [0.25, 0.3) is 15.9 Å². The van der Waals surface area contributed by atoms with Crippen molar-refractivity contribution in [2.45, 2.75) is 6.92 Å². The zero-order valence-corrected chi connectivity index (χ0v) is 17.3. The van der Waals surface area contributed by atoms with Crippen molar-refractivity contribution in [1.29, 1.82) is 0 Å². The Hall–Kier alpha value is -4.04. The Bertz CT molecular complexity index is 1320. The first kappa shape index (κ1) is 19.0. The van der Waals surface area contributed by atoms with Gasteiger partial charge in [0.15, 0.2) is 5.82 Å². The van der Waals surface area contributed by atoms with Gasteiger partial charge < -0.3 is 10.1 Å². The van der Waals surface area contributed by atoms with Gasteiger partial charge in [0.1, 0.15) is 5.75 Å². The van der Waals surface area contributed by atoms with E-state index >= 15 is 0 Å². The lowest BCUT2D eigenvalue weighted by molar-refractivity contribution is 0.103. The molecule has 5 rings (SSSR count). The van der Waals surface area contributed by atoms with E-state index in [0.29, 0.717) is 28.0 Å². The second-order valence-corrected chi connectivity index (χ2v) is 7.94. The molecule has 31 heavy (non-hydrogen) atoms. The monoisotopic (exact) mass is 427 g/mol. The Morgan fingerprint density at radius 3 is 2.55 bits per heavy atom. The van der Waals surface area contributed by atoms with Crippen LogP contribution in [-0.2, 0) is 0 Å². The molecule has 0 saturated heterocycles. The van der Waals surface area contributed by atoms with Crippen LogP contribution in [0.3, 0.4) is 0 Å². The molecule has 152 valence electrons. The molecule has 0 aliphatic heterocycles. The van der Waals surface area contributed by atoms with E-state index in [0.717, 1.165) is 15.8 Å². The van der Waals surface area contributed by atoms with E-state index in [-0.39, 0.29) is 5.91 Å². The Labute approximate surface area is 181 Å². The highest BCUT2D eigenvalue weighted by Gasteiger charge is 2.11. The highest BCUT2D eigenvalue weighted by Crippen LogP contribution is 2.27. The van der Waals surface area contributed by atoms with Gasteiger partial charge >= 0.3 is 0 Å². The standard InChI is InChI=1S/C23H17N5O2S/c1-15-12-13-28(27-15)21-10-11-22(26-25-21)30-18-8-6-17(7-9-18)24-23(29)20-14-16-4-2-3-5-19(16)31-20/h2-14H,1H3,(H,24,29). The number of carbonyl (C=O) groups is 1. The van der Waals surface area contributed by atoms with Gasteiger partial charge in [-0.15, -0.1) is 21.5 Å². The van der Waals surface area contributed by atoms with Gasteiger partial charge in [0.05, 0.1) is 10.6 Å². The summed E-state index contributed by atoms with van der Waals surface area (Å²) in [4.78, 5) is 13.2. The molecule has 2 aromatic carbocycles. The maximum absolute atomic E-state index is 12.6. The molecule has 1 amide bonds. The third-order valence-corrected chi connectivity index (χ3v) is 5.68. The van der Waals surface area contributed by atoms with Gasteiger partial charge in [-0.2, -0.15) is 5.10 Å². The van der Waals surface area contributed by atoms with Gasteiger partial charge in [0.25, 0.3) is 5.91 Å². The first-order valence-corrected chi connectivity index (χ1v) is 10.4. The van der Waals surface area contributed by atoms with E-state index in [2.05, 4.69) is 20.6 Å². The van der Waals surface area contributed by atoms with Crippen molar-refractivity contribution in [1.82, 2.24) is 20.0 Å². The van der Waals surface area contributed by atoms with E-state index in [9.17, 15) is 4.79 Å². The van der Waals surface area contributed by atoms with E-state index < -0.39 is 0 Å². The van der Waals surface area contributed by atoms with Crippen LogP contribution >= 0.6 is 11.3 Å². The van der Waals surface area contributed by atoms with Crippen LogP contribution in [0.4, 0.5) is 5.69 Å². The second-order valence-electron chi connectivity index (χ2n) is 6.86. The van der Waals surface area contributed by atoms with Crippen molar-refractivity contribution < 1.29 is 9.53 Å². The highest BCUT2D eigenvalue weighted by molar-refractivity contribution is 7.20. The van der Waals surface area contributed by atoms with Crippen LogP contribution in [0.1, 0.15) is 15.4 Å². The number of ether oxygens (including phenoxy) is 1. The zero-order valence-electron chi connectivity index (χ0n) is 16.5. The van der Waals surface area contributed by atoms with Gasteiger partial charge in [-0.05, 0) is 60.8 Å². The minimum Gasteiger partial charge on any atom is -0.438 e. The fourth-order valence-corrected chi connectivity index (χ4v) is 4.00. The van der Waals surface area contributed by atoms with Crippen molar-refractivity contribution in [2.24, 2.45) is 0 Å². The smallest absolute Gasteiger partial charge is 0.265 e. The summed E-state index contributed by atoms with van der Waals surface area (Å²) in [5.74, 6) is 1.44. The second kappa shape index (κ2) is 8.00. The Kier molecular flexibility index (Phi) is 4.89. The summed E-state index contributed by atoms with van der Waals surface area (Å²) in [5.41, 5.74) is 1.59. The molecule has 0 radical (unpaired) electrons. The Balaban J connectivity index is 1.24. The molecule has 0 unspecified atom stereocenters. The number of aryl methyl sites for hydroxylation is 1. The maximum atomic E-state index is 12.6. The van der Waals surface area contributed by atoms with Crippen molar-refractivity contribution in [3.05, 3.63) is 89.6 Å². The van der Waals surface area contributed by atoms with Crippen LogP contribution in [0.2, 0.25) is 0 Å². The molecular formula is C23H17N5O2S. The first-order valence-electron chi connectivity index (χ1n) is 9.58. The third kappa shape index (κ3) is 4.15. The number of rotatable bonds is 5. The van der Waals surface area contributed by atoms with E-state index in [4.69, 9.17) is 4.74 Å². The van der Waals surface area contributed by atoms with Gasteiger partial charge in [-0.3, -0.25) is 4.79 Å². The number of nitrogens with one attached hydrogen (secondary N) is 1. The molecule has 0 aliphatic carbocycles. The van der Waals surface area contributed by atoms with E-state index in [1.165, 1.54) is 11.3 Å². The zero-order chi connectivity index (χ0) is 21.2. The predicted octanol–water partition coefficient (Wildman–Crippen LogP) is 5.23. The summed E-state index contributed by atoms with van der Waals surface area (Å²) in [6.45, 7) is 1.91. The minimum absolute atomic E-state index is 0.134. The molecule has 5 aromatic rings. The fraction of sp³-hybridized carbons (Fsp3) is 0.0435. The molecule has 0 saturated carbocycles. The number of aromatic nitrogens is 4.